The van der Waals surface area contributed by atoms with Crippen molar-refractivity contribution in [1.82, 2.24) is 10.2 Å². The fraction of sp³-hybridized carbons (Fsp3) is 0.353. The largest absolute Gasteiger partial charge is 0.481 e. The van der Waals surface area contributed by atoms with Gasteiger partial charge in [-0.1, -0.05) is 31.2 Å². The van der Waals surface area contributed by atoms with Gasteiger partial charge in [-0.25, -0.2) is 0 Å². The molecule has 0 aromatic heterocycles. The molecule has 0 bridgehead atoms. The summed E-state index contributed by atoms with van der Waals surface area (Å²) in [5.74, 6) is -2.10. The van der Waals surface area contributed by atoms with E-state index in [1.807, 2.05) is 19.1 Å². The molecule has 1 atom stereocenters. The van der Waals surface area contributed by atoms with Crippen molar-refractivity contribution in [2.75, 3.05) is 13.1 Å². The Hall–Kier alpha value is -2.63. The predicted octanol–water partition coefficient (Wildman–Crippen LogP) is 1.18. The van der Waals surface area contributed by atoms with Crippen LogP contribution in [0.25, 0.3) is 0 Å². The first kappa shape index (κ1) is 15.3. The molecule has 2 aliphatic heterocycles. The van der Waals surface area contributed by atoms with Crippen molar-refractivity contribution in [3.05, 3.63) is 46.8 Å². The maximum Gasteiger partial charge on any atom is 0.304 e. The fourth-order valence-corrected chi connectivity index (χ4v) is 3.11. The van der Waals surface area contributed by atoms with Gasteiger partial charge in [0, 0.05) is 18.7 Å². The second-order valence-corrected chi connectivity index (χ2v) is 5.71. The molecule has 6 heteroatoms. The Morgan fingerprint density at radius 3 is 2.61 bits per heavy atom. The predicted molar refractivity (Wildman–Crippen MR) is 82.6 cm³/mol. The van der Waals surface area contributed by atoms with Crippen molar-refractivity contribution < 1.29 is 19.5 Å². The van der Waals surface area contributed by atoms with Crippen molar-refractivity contribution in [3.8, 4) is 0 Å². The number of aryl methyl sites for hydroxylation is 1. The third-order valence-electron chi connectivity index (χ3n) is 4.31. The lowest BCUT2D eigenvalue weighted by atomic mass is 9.90. The van der Waals surface area contributed by atoms with E-state index in [2.05, 4.69) is 5.32 Å². The fourth-order valence-electron chi connectivity index (χ4n) is 3.11. The molecule has 6 nitrogen and oxygen atoms in total. The number of carbonyl (C=O) groups excluding carboxylic acids is 2. The van der Waals surface area contributed by atoms with Crippen molar-refractivity contribution in [1.29, 1.82) is 0 Å². The topological polar surface area (TPSA) is 86.7 Å². The molecule has 0 aliphatic carbocycles. The van der Waals surface area contributed by atoms with Gasteiger partial charge < -0.3 is 10.4 Å². The minimum absolute atomic E-state index is 0.277. The molecular formula is C17H18N2O4. The first-order valence-corrected chi connectivity index (χ1v) is 7.67. The van der Waals surface area contributed by atoms with E-state index in [4.69, 9.17) is 5.11 Å². The number of benzene rings is 1. The summed E-state index contributed by atoms with van der Waals surface area (Å²) in [5, 5.41) is 12.1. The Balaban J connectivity index is 1.98. The number of carboxylic acids is 1. The van der Waals surface area contributed by atoms with Gasteiger partial charge in [-0.2, -0.15) is 0 Å². The molecule has 0 unspecified atom stereocenters. The van der Waals surface area contributed by atoms with Gasteiger partial charge in [0.2, 0.25) is 5.91 Å². The summed E-state index contributed by atoms with van der Waals surface area (Å²) in [6, 6.07) is 7.21. The molecule has 1 saturated heterocycles. The first-order chi connectivity index (χ1) is 11.0. The SMILES string of the molecule is CCc1ccc(C(=O)C2=C3NCCN3C(=O)[C@@H]2CC(=O)O)cc1. The van der Waals surface area contributed by atoms with Crippen LogP contribution in [-0.2, 0) is 16.0 Å². The Morgan fingerprint density at radius 2 is 2.00 bits per heavy atom. The summed E-state index contributed by atoms with van der Waals surface area (Å²) in [4.78, 5) is 37.8. The number of fused-ring (bicyclic) bond motifs is 1. The van der Waals surface area contributed by atoms with Crippen molar-refractivity contribution in [2.24, 2.45) is 5.92 Å². The number of ketones is 1. The van der Waals surface area contributed by atoms with E-state index >= 15 is 0 Å². The maximum atomic E-state index is 12.9. The molecule has 1 fully saturated rings. The van der Waals surface area contributed by atoms with Gasteiger partial charge in [-0.3, -0.25) is 19.3 Å². The molecule has 2 heterocycles. The molecule has 3 rings (SSSR count). The summed E-state index contributed by atoms with van der Waals surface area (Å²) in [6.07, 6.45) is 0.506. The number of carboxylic acid groups (broad SMARTS) is 1. The van der Waals surface area contributed by atoms with Crippen molar-refractivity contribution in [3.63, 3.8) is 0 Å². The van der Waals surface area contributed by atoms with Gasteiger partial charge >= 0.3 is 5.97 Å². The van der Waals surface area contributed by atoms with Gasteiger partial charge in [0.05, 0.1) is 17.9 Å². The van der Waals surface area contributed by atoms with E-state index in [1.54, 1.807) is 12.1 Å². The van der Waals surface area contributed by atoms with Gasteiger partial charge in [0.1, 0.15) is 5.82 Å². The monoisotopic (exact) mass is 314 g/mol. The van der Waals surface area contributed by atoms with Crippen LogP contribution in [0.2, 0.25) is 0 Å². The Kier molecular flexibility index (Phi) is 3.90. The van der Waals surface area contributed by atoms with Crippen LogP contribution in [0, 0.1) is 5.92 Å². The van der Waals surface area contributed by atoms with Crippen LogP contribution in [0.3, 0.4) is 0 Å². The molecule has 23 heavy (non-hydrogen) atoms. The molecule has 1 amide bonds. The highest BCUT2D eigenvalue weighted by Gasteiger charge is 2.45. The highest BCUT2D eigenvalue weighted by atomic mass is 16.4. The second kappa shape index (κ2) is 5.87. The molecule has 2 aliphatic rings. The van der Waals surface area contributed by atoms with E-state index in [1.165, 1.54) is 4.90 Å². The van der Waals surface area contributed by atoms with Gasteiger partial charge in [-0.05, 0) is 12.0 Å². The van der Waals surface area contributed by atoms with E-state index in [0.29, 0.717) is 24.5 Å². The number of amides is 1. The van der Waals surface area contributed by atoms with Gasteiger partial charge in [0.25, 0.3) is 0 Å². The number of aliphatic carboxylic acids is 1. The quantitative estimate of drug-likeness (QED) is 0.797. The van der Waals surface area contributed by atoms with Crippen molar-refractivity contribution in [2.45, 2.75) is 19.8 Å². The summed E-state index contributed by atoms with van der Waals surface area (Å²) in [6.45, 7) is 3.07. The third kappa shape index (κ3) is 2.60. The molecular weight excluding hydrogens is 296 g/mol. The molecule has 0 saturated carbocycles. The van der Waals surface area contributed by atoms with Crippen LogP contribution in [0.15, 0.2) is 35.7 Å². The smallest absolute Gasteiger partial charge is 0.304 e. The zero-order chi connectivity index (χ0) is 16.6. The average Bonchev–Trinajstić information content (AvgIpc) is 3.10. The molecule has 0 radical (unpaired) electrons. The zero-order valence-corrected chi connectivity index (χ0v) is 12.8. The normalized spacial score (nSPS) is 19.8. The lowest BCUT2D eigenvalue weighted by Crippen LogP contribution is -2.29. The summed E-state index contributed by atoms with van der Waals surface area (Å²) >= 11 is 0. The Morgan fingerprint density at radius 1 is 1.30 bits per heavy atom. The van der Waals surface area contributed by atoms with E-state index in [0.717, 1.165) is 12.0 Å². The van der Waals surface area contributed by atoms with E-state index < -0.39 is 11.9 Å². The van der Waals surface area contributed by atoms with E-state index in [9.17, 15) is 14.4 Å². The van der Waals surface area contributed by atoms with Crippen LogP contribution < -0.4 is 5.32 Å². The van der Waals surface area contributed by atoms with Crippen LogP contribution in [-0.4, -0.2) is 40.8 Å². The number of nitrogens with zero attached hydrogens (tertiary/aromatic N) is 1. The number of hydrogen-bond acceptors (Lipinski definition) is 4. The first-order valence-electron chi connectivity index (χ1n) is 7.67. The minimum atomic E-state index is -1.09. The van der Waals surface area contributed by atoms with Crippen LogP contribution in [0.1, 0.15) is 29.3 Å². The molecule has 120 valence electrons. The second-order valence-electron chi connectivity index (χ2n) is 5.71. The van der Waals surface area contributed by atoms with Crippen LogP contribution in [0.5, 0.6) is 0 Å². The van der Waals surface area contributed by atoms with Gasteiger partial charge in [0.15, 0.2) is 5.78 Å². The molecule has 1 aromatic rings. The third-order valence-corrected chi connectivity index (χ3v) is 4.31. The highest BCUT2D eigenvalue weighted by Crippen LogP contribution is 2.34. The lowest BCUT2D eigenvalue weighted by molar-refractivity contribution is -0.141. The number of rotatable bonds is 5. The summed E-state index contributed by atoms with van der Waals surface area (Å²) in [7, 11) is 0. The van der Waals surface area contributed by atoms with E-state index in [-0.39, 0.29) is 23.7 Å². The van der Waals surface area contributed by atoms with Gasteiger partial charge in [-0.15, -0.1) is 0 Å². The highest BCUT2D eigenvalue weighted by molar-refractivity contribution is 6.15. The number of Topliss-reactive ketones (excluding diaryl/α,β-unsaturated/α-hetero) is 1. The summed E-state index contributed by atoms with van der Waals surface area (Å²) < 4.78 is 0. The Bertz CT molecular complexity index is 706. The standard InChI is InChI=1S/C17H18N2O4/c1-2-10-3-5-11(6-4-10)15(22)14-12(9-13(20)21)17(23)19-8-7-18-16(14)19/h3-6,12,18H,2,7-9H2,1H3,(H,20,21)/t12-/m1/s1. The maximum absolute atomic E-state index is 12.9. The average molecular weight is 314 g/mol. The minimum Gasteiger partial charge on any atom is -0.481 e. The zero-order valence-electron chi connectivity index (χ0n) is 12.8. The lowest BCUT2D eigenvalue weighted by Gasteiger charge is -2.12. The van der Waals surface area contributed by atoms with Crippen LogP contribution in [0.4, 0.5) is 0 Å². The number of carbonyl (C=O) groups is 3. The Labute approximate surface area is 133 Å². The summed E-state index contributed by atoms with van der Waals surface area (Å²) in [5.41, 5.74) is 1.87. The molecule has 2 N–H and O–H groups in total. The molecule has 1 aromatic carbocycles. The van der Waals surface area contributed by atoms with Crippen LogP contribution >= 0.6 is 0 Å². The number of hydrogen-bond donors (Lipinski definition) is 2. The number of nitrogens with one attached hydrogen (secondary N) is 1. The van der Waals surface area contributed by atoms with Crippen molar-refractivity contribution >= 4 is 17.7 Å². The molecule has 0 spiro atoms.